The number of nitrogens with one attached hydrogen (secondary N) is 1. The van der Waals surface area contributed by atoms with E-state index in [0.29, 0.717) is 18.0 Å². The zero-order chi connectivity index (χ0) is 14.5. The van der Waals surface area contributed by atoms with Gasteiger partial charge in [-0.25, -0.2) is 4.39 Å². The van der Waals surface area contributed by atoms with Crippen molar-refractivity contribution in [2.45, 2.75) is 52.2 Å². The summed E-state index contributed by atoms with van der Waals surface area (Å²) in [6, 6.07) is 8.09. The van der Waals surface area contributed by atoms with Crippen LogP contribution in [0, 0.1) is 11.7 Å². The van der Waals surface area contributed by atoms with Gasteiger partial charge in [-0.2, -0.15) is 0 Å². The molecule has 0 amide bonds. The first-order valence-electron chi connectivity index (χ1n) is 7.85. The number of nitrogens with zero attached hydrogens (tertiary/aromatic N) is 1. The van der Waals surface area contributed by atoms with E-state index in [9.17, 15) is 4.39 Å². The van der Waals surface area contributed by atoms with Gasteiger partial charge in [-0.05, 0) is 30.0 Å². The largest absolute Gasteiger partial charge is 0.311 e. The van der Waals surface area contributed by atoms with E-state index in [0.717, 1.165) is 26.1 Å². The van der Waals surface area contributed by atoms with Crippen molar-refractivity contribution in [2.75, 3.05) is 13.1 Å². The molecule has 3 atom stereocenters. The molecule has 0 aliphatic carbocycles. The van der Waals surface area contributed by atoms with Gasteiger partial charge in [-0.15, -0.1) is 0 Å². The topological polar surface area (TPSA) is 15.3 Å². The molecular formula is C17H27FN2. The van der Waals surface area contributed by atoms with Gasteiger partial charge < -0.3 is 5.32 Å². The first-order valence-corrected chi connectivity index (χ1v) is 7.85. The molecule has 20 heavy (non-hydrogen) atoms. The molecule has 1 heterocycles. The Morgan fingerprint density at radius 3 is 2.60 bits per heavy atom. The van der Waals surface area contributed by atoms with Gasteiger partial charge >= 0.3 is 0 Å². The van der Waals surface area contributed by atoms with Gasteiger partial charge in [0.2, 0.25) is 0 Å². The number of halogens is 1. The number of benzene rings is 1. The molecule has 0 spiro atoms. The summed E-state index contributed by atoms with van der Waals surface area (Å²) < 4.78 is 13.0. The molecule has 112 valence electrons. The van der Waals surface area contributed by atoms with Crippen molar-refractivity contribution < 1.29 is 4.39 Å². The lowest BCUT2D eigenvalue weighted by Crippen LogP contribution is -2.57. The fourth-order valence-electron chi connectivity index (χ4n) is 2.97. The van der Waals surface area contributed by atoms with Crippen LogP contribution in [0.1, 0.15) is 39.2 Å². The summed E-state index contributed by atoms with van der Waals surface area (Å²) in [4.78, 5) is 2.56. The van der Waals surface area contributed by atoms with Gasteiger partial charge in [0.25, 0.3) is 0 Å². The van der Waals surface area contributed by atoms with Gasteiger partial charge in [0, 0.05) is 31.7 Å². The third-order valence-electron chi connectivity index (χ3n) is 4.66. The summed E-state index contributed by atoms with van der Waals surface area (Å²) in [6.45, 7) is 9.89. The zero-order valence-electron chi connectivity index (χ0n) is 12.9. The minimum Gasteiger partial charge on any atom is -0.311 e. The minimum absolute atomic E-state index is 0.154. The quantitative estimate of drug-likeness (QED) is 0.888. The van der Waals surface area contributed by atoms with Crippen molar-refractivity contribution in [1.82, 2.24) is 10.2 Å². The SMILES string of the molecule is CCC(C)C1CN(Cc2ccc(F)cc2)C(CC)CN1. The lowest BCUT2D eigenvalue weighted by molar-refractivity contribution is 0.0993. The molecule has 1 aliphatic rings. The van der Waals surface area contributed by atoms with Crippen LogP contribution in [0.15, 0.2) is 24.3 Å². The van der Waals surface area contributed by atoms with E-state index in [1.54, 1.807) is 12.1 Å². The molecule has 0 bridgehead atoms. The molecule has 1 aromatic rings. The van der Waals surface area contributed by atoms with Crippen molar-refractivity contribution in [3.8, 4) is 0 Å². The Hall–Kier alpha value is -0.930. The summed E-state index contributed by atoms with van der Waals surface area (Å²) in [6.07, 6.45) is 2.36. The van der Waals surface area contributed by atoms with Gasteiger partial charge in [-0.1, -0.05) is 39.3 Å². The molecule has 2 nitrogen and oxygen atoms in total. The molecular weight excluding hydrogens is 251 g/mol. The Morgan fingerprint density at radius 2 is 2.00 bits per heavy atom. The van der Waals surface area contributed by atoms with Crippen molar-refractivity contribution in [3.05, 3.63) is 35.6 Å². The number of hydrogen-bond donors (Lipinski definition) is 1. The van der Waals surface area contributed by atoms with Gasteiger partial charge in [0.05, 0.1) is 0 Å². The Bertz CT molecular complexity index is 404. The lowest BCUT2D eigenvalue weighted by atomic mass is 9.94. The Labute approximate surface area is 122 Å². The van der Waals surface area contributed by atoms with Crippen LogP contribution in [0.25, 0.3) is 0 Å². The standard InChI is InChI=1S/C17H27FN2/c1-4-13(3)17-12-20(16(5-2)10-19-17)11-14-6-8-15(18)9-7-14/h6-9,13,16-17,19H,4-5,10-12H2,1-3H3. The molecule has 0 saturated carbocycles. The highest BCUT2D eigenvalue weighted by Gasteiger charge is 2.28. The Balaban J connectivity index is 2.03. The van der Waals surface area contributed by atoms with Crippen LogP contribution in [0.3, 0.4) is 0 Å². The maximum atomic E-state index is 13.0. The van der Waals surface area contributed by atoms with Gasteiger partial charge in [0.15, 0.2) is 0 Å². The molecule has 2 rings (SSSR count). The summed E-state index contributed by atoms with van der Waals surface area (Å²) >= 11 is 0. The van der Waals surface area contributed by atoms with Crippen LogP contribution < -0.4 is 5.32 Å². The molecule has 0 radical (unpaired) electrons. The van der Waals surface area contributed by atoms with E-state index >= 15 is 0 Å². The number of rotatable bonds is 5. The predicted octanol–water partition coefficient (Wildman–Crippen LogP) is 3.42. The summed E-state index contributed by atoms with van der Waals surface area (Å²) in [5.41, 5.74) is 1.20. The highest BCUT2D eigenvalue weighted by Crippen LogP contribution is 2.19. The molecule has 1 aliphatic heterocycles. The Morgan fingerprint density at radius 1 is 1.30 bits per heavy atom. The van der Waals surface area contributed by atoms with Crippen LogP contribution >= 0.6 is 0 Å². The second-order valence-corrected chi connectivity index (χ2v) is 6.02. The molecule has 1 aromatic carbocycles. The van der Waals surface area contributed by atoms with E-state index in [1.807, 2.05) is 12.1 Å². The summed E-state index contributed by atoms with van der Waals surface area (Å²) in [5, 5.41) is 3.69. The van der Waals surface area contributed by atoms with Crippen molar-refractivity contribution in [2.24, 2.45) is 5.92 Å². The predicted molar refractivity (Wildman–Crippen MR) is 82.1 cm³/mol. The third-order valence-corrected chi connectivity index (χ3v) is 4.66. The van der Waals surface area contributed by atoms with E-state index in [2.05, 4.69) is 31.0 Å². The maximum Gasteiger partial charge on any atom is 0.123 e. The monoisotopic (exact) mass is 278 g/mol. The average molecular weight is 278 g/mol. The second-order valence-electron chi connectivity index (χ2n) is 6.02. The molecule has 1 fully saturated rings. The molecule has 1 N–H and O–H groups in total. The van der Waals surface area contributed by atoms with E-state index in [1.165, 1.54) is 12.0 Å². The first-order chi connectivity index (χ1) is 9.63. The fraction of sp³-hybridized carbons (Fsp3) is 0.647. The molecule has 0 aromatic heterocycles. The first kappa shape index (κ1) is 15.5. The normalized spacial score (nSPS) is 25.6. The summed E-state index contributed by atoms with van der Waals surface area (Å²) in [5.74, 6) is 0.544. The van der Waals surface area contributed by atoms with Crippen LogP contribution in [0.2, 0.25) is 0 Å². The van der Waals surface area contributed by atoms with Gasteiger partial charge in [-0.3, -0.25) is 4.90 Å². The third kappa shape index (κ3) is 3.80. The minimum atomic E-state index is -0.154. The highest BCUT2D eigenvalue weighted by atomic mass is 19.1. The van der Waals surface area contributed by atoms with Crippen LogP contribution in [0.4, 0.5) is 4.39 Å². The molecule has 3 unspecified atom stereocenters. The van der Waals surface area contributed by atoms with Crippen molar-refractivity contribution >= 4 is 0 Å². The lowest BCUT2D eigenvalue weighted by Gasteiger charge is -2.42. The fourth-order valence-corrected chi connectivity index (χ4v) is 2.97. The summed E-state index contributed by atoms with van der Waals surface area (Å²) in [7, 11) is 0. The highest BCUT2D eigenvalue weighted by molar-refractivity contribution is 5.16. The van der Waals surface area contributed by atoms with Crippen molar-refractivity contribution in [3.63, 3.8) is 0 Å². The van der Waals surface area contributed by atoms with Gasteiger partial charge in [0.1, 0.15) is 5.82 Å². The number of piperazine rings is 1. The smallest absolute Gasteiger partial charge is 0.123 e. The molecule has 3 heteroatoms. The van der Waals surface area contributed by atoms with Crippen molar-refractivity contribution in [1.29, 1.82) is 0 Å². The zero-order valence-corrected chi connectivity index (χ0v) is 12.9. The van der Waals surface area contributed by atoms with Crippen LogP contribution in [-0.4, -0.2) is 30.1 Å². The second kappa shape index (κ2) is 7.19. The Kier molecular flexibility index (Phi) is 5.55. The average Bonchev–Trinajstić information content (AvgIpc) is 2.48. The number of hydrogen-bond acceptors (Lipinski definition) is 2. The molecule has 1 saturated heterocycles. The van der Waals surface area contributed by atoms with Crippen LogP contribution in [-0.2, 0) is 6.54 Å². The van der Waals surface area contributed by atoms with E-state index < -0.39 is 0 Å². The maximum absolute atomic E-state index is 13.0. The van der Waals surface area contributed by atoms with E-state index in [4.69, 9.17) is 0 Å². The van der Waals surface area contributed by atoms with E-state index in [-0.39, 0.29) is 5.82 Å². The van der Waals surface area contributed by atoms with Crippen LogP contribution in [0.5, 0.6) is 0 Å².